The quantitative estimate of drug-likeness (QED) is 0.888. The molecule has 5 heteroatoms. The van der Waals surface area contributed by atoms with Gasteiger partial charge in [-0.1, -0.05) is 18.6 Å². The van der Waals surface area contributed by atoms with Crippen LogP contribution in [0.5, 0.6) is 5.75 Å². The fourth-order valence-corrected chi connectivity index (χ4v) is 3.56. The van der Waals surface area contributed by atoms with Crippen LogP contribution in [0.3, 0.4) is 0 Å². The predicted octanol–water partition coefficient (Wildman–Crippen LogP) is 4.06. The summed E-state index contributed by atoms with van der Waals surface area (Å²) >= 11 is 0. The summed E-state index contributed by atoms with van der Waals surface area (Å²) in [4.78, 5) is 26.1. The Labute approximate surface area is 160 Å². The van der Waals surface area contributed by atoms with Gasteiger partial charge in [0, 0.05) is 37.2 Å². The van der Waals surface area contributed by atoms with Gasteiger partial charge in [0.2, 0.25) is 5.91 Å². The molecular weight excluding hydrogens is 340 g/mol. The number of hydrogen-bond acceptors (Lipinski definition) is 3. The van der Waals surface area contributed by atoms with Crippen LogP contribution in [0, 0.1) is 0 Å². The first-order valence-corrected chi connectivity index (χ1v) is 9.37. The van der Waals surface area contributed by atoms with Crippen molar-refractivity contribution < 1.29 is 14.3 Å². The van der Waals surface area contributed by atoms with Crippen LogP contribution in [0.25, 0.3) is 0 Å². The Hall–Kier alpha value is -2.82. The number of nitrogens with zero attached hydrogens (tertiary/aromatic N) is 1. The summed E-state index contributed by atoms with van der Waals surface area (Å²) in [5.41, 5.74) is 2.60. The van der Waals surface area contributed by atoms with E-state index in [0.717, 1.165) is 38.1 Å². The molecule has 0 bridgehead atoms. The fourth-order valence-electron chi connectivity index (χ4n) is 3.56. The van der Waals surface area contributed by atoms with Crippen molar-refractivity contribution in [3.8, 4) is 5.75 Å². The van der Waals surface area contributed by atoms with E-state index in [4.69, 9.17) is 4.74 Å². The average Bonchev–Trinajstić information content (AvgIpc) is 2.94. The summed E-state index contributed by atoms with van der Waals surface area (Å²) in [6, 6.07) is 15.3. The van der Waals surface area contributed by atoms with Gasteiger partial charge in [0.15, 0.2) is 0 Å². The zero-order valence-electron chi connectivity index (χ0n) is 15.9. The van der Waals surface area contributed by atoms with Gasteiger partial charge < -0.3 is 15.0 Å². The number of carbonyl (C=O) groups is 2. The molecule has 1 fully saturated rings. The number of methoxy groups -OCH3 is 1. The lowest BCUT2D eigenvalue weighted by Gasteiger charge is -2.25. The summed E-state index contributed by atoms with van der Waals surface area (Å²) in [5, 5.41) is 2.72. The number of likely N-dealkylation sites (tertiary alicyclic amines) is 1. The maximum Gasteiger partial charge on any atom is 0.253 e. The Balaban J connectivity index is 1.72. The van der Waals surface area contributed by atoms with Crippen LogP contribution in [-0.4, -0.2) is 36.9 Å². The van der Waals surface area contributed by atoms with Crippen molar-refractivity contribution in [1.82, 2.24) is 4.90 Å². The summed E-state index contributed by atoms with van der Waals surface area (Å²) in [5.74, 6) is 1.11. The van der Waals surface area contributed by atoms with E-state index in [9.17, 15) is 9.59 Å². The molecule has 27 heavy (non-hydrogen) atoms. The molecule has 5 nitrogen and oxygen atoms in total. The molecule has 1 aliphatic rings. The predicted molar refractivity (Wildman–Crippen MR) is 106 cm³/mol. The number of hydrogen-bond donors (Lipinski definition) is 1. The molecule has 1 saturated heterocycles. The van der Waals surface area contributed by atoms with Crippen molar-refractivity contribution in [3.05, 3.63) is 59.7 Å². The van der Waals surface area contributed by atoms with Crippen molar-refractivity contribution in [1.29, 1.82) is 0 Å². The second-order valence-electron chi connectivity index (χ2n) is 6.98. The van der Waals surface area contributed by atoms with Gasteiger partial charge in [0.05, 0.1) is 7.11 Å². The minimum atomic E-state index is -0.121. The molecule has 0 spiro atoms. The first kappa shape index (κ1) is 19.0. The highest BCUT2D eigenvalue weighted by Crippen LogP contribution is 2.28. The normalized spacial score (nSPS) is 17.1. The van der Waals surface area contributed by atoms with Gasteiger partial charge in [-0.05, 0) is 54.8 Å². The van der Waals surface area contributed by atoms with Gasteiger partial charge >= 0.3 is 0 Å². The van der Waals surface area contributed by atoms with E-state index in [-0.39, 0.29) is 11.8 Å². The molecule has 1 aliphatic heterocycles. The smallest absolute Gasteiger partial charge is 0.253 e. The molecule has 1 atom stereocenters. The molecule has 0 aliphatic carbocycles. The van der Waals surface area contributed by atoms with Gasteiger partial charge in [-0.15, -0.1) is 0 Å². The number of benzene rings is 2. The van der Waals surface area contributed by atoms with Gasteiger partial charge in [0.1, 0.15) is 5.75 Å². The highest BCUT2D eigenvalue weighted by molar-refractivity contribution is 5.95. The lowest BCUT2D eigenvalue weighted by molar-refractivity contribution is -0.114. The highest BCUT2D eigenvalue weighted by Gasteiger charge is 2.24. The summed E-state index contributed by atoms with van der Waals surface area (Å²) < 4.78 is 5.24. The van der Waals surface area contributed by atoms with Crippen molar-refractivity contribution in [2.75, 3.05) is 25.5 Å². The van der Waals surface area contributed by atoms with Crippen molar-refractivity contribution in [3.63, 3.8) is 0 Å². The van der Waals surface area contributed by atoms with Crippen LogP contribution in [-0.2, 0) is 4.79 Å². The van der Waals surface area contributed by atoms with Gasteiger partial charge in [-0.3, -0.25) is 9.59 Å². The van der Waals surface area contributed by atoms with Crippen molar-refractivity contribution in [2.45, 2.75) is 32.1 Å². The van der Waals surface area contributed by atoms with Crippen LogP contribution >= 0.6 is 0 Å². The van der Waals surface area contributed by atoms with Crippen LogP contribution in [0.2, 0.25) is 0 Å². The van der Waals surface area contributed by atoms with Crippen molar-refractivity contribution >= 4 is 17.5 Å². The largest absolute Gasteiger partial charge is 0.497 e. The molecule has 2 aromatic carbocycles. The molecule has 3 rings (SSSR count). The molecule has 0 saturated carbocycles. The summed E-state index contributed by atoms with van der Waals surface area (Å²) in [7, 11) is 1.66. The molecule has 0 aromatic heterocycles. The van der Waals surface area contributed by atoms with Gasteiger partial charge in [-0.25, -0.2) is 0 Å². The summed E-state index contributed by atoms with van der Waals surface area (Å²) in [6.45, 7) is 2.97. The minimum absolute atomic E-state index is 0.0461. The number of anilines is 1. The molecule has 2 amide bonds. The fraction of sp³-hybridized carbons (Fsp3) is 0.364. The van der Waals surface area contributed by atoms with Crippen LogP contribution in [0.4, 0.5) is 5.69 Å². The zero-order chi connectivity index (χ0) is 19.2. The number of carbonyl (C=O) groups excluding carboxylic acids is 2. The van der Waals surface area contributed by atoms with E-state index >= 15 is 0 Å². The Morgan fingerprint density at radius 3 is 2.37 bits per heavy atom. The first-order valence-electron chi connectivity index (χ1n) is 9.37. The Morgan fingerprint density at radius 2 is 1.74 bits per heavy atom. The standard InChI is InChI=1S/C22H26N2O3/c1-16(25)23-20-10-6-18(7-11-20)22(26)24-14-4-3-5-19(15-24)17-8-12-21(27-2)13-9-17/h6-13,19H,3-5,14-15H2,1-2H3,(H,23,25). The number of nitrogens with one attached hydrogen (secondary N) is 1. The van der Waals surface area contributed by atoms with E-state index in [1.165, 1.54) is 12.5 Å². The highest BCUT2D eigenvalue weighted by atomic mass is 16.5. The molecule has 1 heterocycles. The topological polar surface area (TPSA) is 58.6 Å². The Morgan fingerprint density at radius 1 is 1.04 bits per heavy atom. The Bertz CT molecular complexity index is 784. The van der Waals surface area contributed by atoms with Crippen LogP contribution in [0.15, 0.2) is 48.5 Å². The first-order chi connectivity index (χ1) is 13.1. The van der Waals surface area contributed by atoms with E-state index in [2.05, 4.69) is 17.4 Å². The molecule has 1 N–H and O–H groups in total. The maximum atomic E-state index is 13.0. The second-order valence-corrected chi connectivity index (χ2v) is 6.98. The van der Waals surface area contributed by atoms with Gasteiger partial charge in [-0.2, -0.15) is 0 Å². The number of ether oxygens (including phenoxy) is 1. The monoisotopic (exact) mass is 366 g/mol. The molecular formula is C22H26N2O3. The third-order valence-electron chi connectivity index (χ3n) is 5.00. The lowest BCUT2D eigenvalue weighted by Crippen LogP contribution is -2.34. The minimum Gasteiger partial charge on any atom is -0.497 e. The second kappa shape index (κ2) is 8.71. The number of amides is 2. The third-order valence-corrected chi connectivity index (χ3v) is 5.00. The van der Waals surface area contributed by atoms with E-state index < -0.39 is 0 Å². The van der Waals surface area contributed by atoms with Crippen molar-refractivity contribution in [2.24, 2.45) is 0 Å². The molecule has 0 radical (unpaired) electrons. The van der Waals surface area contributed by atoms with Gasteiger partial charge in [0.25, 0.3) is 5.91 Å². The third kappa shape index (κ3) is 4.88. The summed E-state index contributed by atoms with van der Waals surface area (Å²) in [6.07, 6.45) is 3.21. The van der Waals surface area contributed by atoms with Crippen LogP contribution in [0.1, 0.15) is 48.0 Å². The van der Waals surface area contributed by atoms with E-state index in [0.29, 0.717) is 17.2 Å². The zero-order valence-corrected chi connectivity index (χ0v) is 15.9. The lowest BCUT2D eigenvalue weighted by atomic mass is 9.94. The molecule has 1 unspecified atom stereocenters. The Kier molecular flexibility index (Phi) is 6.12. The average molecular weight is 366 g/mol. The maximum absolute atomic E-state index is 13.0. The molecule has 2 aromatic rings. The van der Waals surface area contributed by atoms with E-state index in [1.54, 1.807) is 31.4 Å². The van der Waals surface area contributed by atoms with E-state index in [1.807, 2.05) is 17.0 Å². The van der Waals surface area contributed by atoms with Crippen LogP contribution < -0.4 is 10.1 Å². The number of rotatable bonds is 4. The SMILES string of the molecule is COc1ccc(C2CCCCN(C(=O)c3ccc(NC(C)=O)cc3)C2)cc1. The molecule has 142 valence electrons.